The lowest BCUT2D eigenvalue weighted by molar-refractivity contribution is 0.648. The second kappa shape index (κ2) is 4.77. The first-order valence-electron chi connectivity index (χ1n) is 5.27. The molecule has 0 aliphatic rings. The third-order valence-corrected chi connectivity index (χ3v) is 4.67. The molecule has 0 saturated carbocycles. The highest BCUT2D eigenvalue weighted by Gasteiger charge is 2.20. The van der Waals surface area contributed by atoms with Crippen LogP contribution in [0.15, 0.2) is 40.7 Å². The summed E-state index contributed by atoms with van der Waals surface area (Å²) >= 11 is 5.17. The summed E-state index contributed by atoms with van der Waals surface area (Å²) in [6, 6.07) is 1.91. The molecule has 0 fully saturated rings. The van der Waals surface area contributed by atoms with Crippen LogP contribution in [-0.4, -0.2) is 14.6 Å². The summed E-state index contributed by atoms with van der Waals surface area (Å²) in [7, 11) is 0. The Kier molecular flexibility index (Phi) is 3.13. The number of fused-ring (bicyclic) bond motifs is 1. The molecule has 0 bridgehead atoms. The molecule has 0 spiro atoms. The van der Waals surface area contributed by atoms with E-state index in [4.69, 9.17) is 5.84 Å². The molecule has 0 amide bonds. The van der Waals surface area contributed by atoms with Crippen LogP contribution in [0.5, 0.6) is 0 Å². The van der Waals surface area contributed by atoms with Gasteiger partial charge in [0, 0.05) is 27.3 Å². The molecular formula is C11H10BrN5S. The quantitative estimate of drug-likeness (QED) is 0.572. The zero-order valence-electron chi connectivity index (χ0n) is 9.25. The molecule has 3 aromatic heterocycles. The maximum atomic E-state index is 5.69. The number of hydrazine groups is 1. The van der Waals surface area contributed by atoms with E-state index >= 15 is 0 Å². The fraction of sp³-hybridized carbons (Fsp3) is 0.0909. The molecule has 0 radical (unpaired) electrons. The van der Waals surface area contributed by atoms with E-state index in [-0.39, 0.29) is 6.04 Å². The Hall–Kier alpha value is -1.28. The zero-order chi connectivity index (χ0) is 12.5. The first kappa shape index (κ1) is 11.8. The summed E-state index contributed by atoms with van der Waals surface area (Å²) in [6.45, 7) is 0. The Morgan fingerprint density at radius 2 is 2.33 bits per heavy atom. The molecule has 92 valence electrons. The zero-order valence-corrected chi connectivity index (χ0v) is 11.6. The predicted octanol–water partition coefficient (Wildman–Crippen LogP) is 2.11. The molecule has 0 aromatic carbocycles. The largest absolute Gasteiger partial charge is 0.271 e. The summed E-state index contributed by atoms with van der Waals surface area (Å²) in [5.74, 6) is 5.69. The molecule has 0 aliphatic heterocycles. The lowest BCUT2D eigenvalue weighted by Gasteiger charge is -2.13. The van der Waals surface area contributed by atoms with Crippen LogP contribution in [0.2, 0.25) is 0 Å². The van der Waals surface area contributed by atoms with Gasteiger partial charge in [0.15, 0.2) is 0 Å². The Morgan fingerprint density at radius 1 is 1.44 bits per heavy atom. The number of nitrogens with one attached hydrogen (secondary N) is 1. The Balaban J connectivity index is 2.15. The van der Waals surface area contributed by atoms with Crippen molar-refractivity contribution >= 4 is 32.8 Å². The molecule has 1 unspecified atom stereocenters. The number of hydrogen-bond acceptors (Lipinski definition) is 5. The average Bonchev–Trinajstić information content (AvgIpc) is 2.99. The van der Waals surface area contributed by atoms with Crippen LogP contribution in [0.25, 0.3) is 5.52 Å². The first-order valence-corrected chi connectivity index (χ1v) is 6.95. The molecule has 18 heavy (non-hydrogen) atoms. The number of nitrogens with two attached hydrogens (primary N) is 1. The summed E-state index contributed by atoms with van der Waals surface area (Å²) in [6.07, 6.45) is 7.12. The van der Waals surface area contributed by atoms with Crippen LogP contribution < -0.4 is 11.3 Å². The van der Waals surface area contributed by atoms with Crippen molar-refractivity contribution in [3.05, 3.63) is 51.1 Å². The maximum absolute atomic E-state index is 5.69. The fourth-order valence-electron chi connectivity index (χ4n) is 1.89. The van der Waals surface area contributed by atoms with Crippen molar-refractivity contribution in [2.45, 2.75) is 6.04 Å². The summed E-state index contributed by atoms with van der Waals surface area (Å²) in [5, 5.41) is 6.32. The molecule has 3 aromatic rings. The summed E-state index contributed by atoms with van der Waals surface area (Å²) in [5.41, 5.74) is 4.79. The van der Waals surface area contributed by atoms with Crippen molar-refractivity contribution in [2.24, 2.45) is 5.84 Å². The van der Waals surface area contributed by atoms with E-state index in [9.17, 15) is 0 Å². The van der Waals surface area contributed by atoms with Gasteiger partial charge in [-0.1, -0.05) is 0 Å². The normalized spacial score (nSPS) is 13.0. The van der Waals surface area contributed by atoms with Gasteiger partial charge in [-0.3, -0.25) is 10.8 Å². The molecule has 1 atom stereocenters. The highest BCUT2D eigenvalue weighted by molar-refractivity contribution is 9.10. The van der Waals surface area contributed by atoms with Gasteiger partial charge in [-0.2, -0.15) is 5.10 Å². The second-order valence-corrected chi connectivity index (χ2v) is 5.54. The number of rotatable bonds is 3. The van der Waals surface area contributed by atoms with Gasteiger partial charge in [-0.05, 0) is 27.4 Å². The molecule has 3 heterocycles. The van der Waals surface area contributed by atoms with Crippen molar-refractivity contribution in [3.8, 4) is 0 Å². The van der Waals surface area contributed by atoms with Gasteiger partial charge in [0.05, 0.1) is 24.0 Å². The third-order valence-electron chi connectivity index (χ3n) is 2.74. The fourth-order valence-corrected chi connectivity index (χ4v) is 3.57. The Morgan fingerprint density at radius 3 is 3.06 bits per heavy atom. The van der Waals surface area contributed by atoms with E-state index in [0.29, 0.717) is 0 Å². The SMILES string of the molecule is NNC(c1sccc1Br)c1cnn2ccncc12. The van der Waals surface area contributed by atoms with Crippen molar-refractivity contribution in [3.63, 3.8) is 0 Å². The van der Waals surface area contributed by atoms with Gasteiger partial charge >= 0.3 is 0 Å². The van der Waals surface area contributed by atoms with Crippen LogP contribution in [0.1, 0.15) is 16.5 Å². The summed E-state index contributed by atoms with van der Waals surface area (Å²) < 4.78 is 2.83. The molecule has 0 aliphatic carbocycles. The summed E-state index contributed by atoms with van der Waals surface area (Å²) in [4.78, 5) is 5.25. The number of thiophene rings is 1. The number of nitrogens with zero attached hydrogens (tertiary/aromatic N) is 3. The van der Waals surface area contributed by atoms with Gasteiger partial charge < -0.3 is 0 Å². The van der Waals surface area contributed by atoms with E-state index in [1.165, 1.54) is 0 Å². The first-order chi connectivity index (χ1) is 8.81. The van der Waals surface area contributed by atoms with E-state index in [2.05, 4.69) is 31.4 Å². The highest BCUT2D eigenvalue weighted by Crippen LogP contribution is 2.33. The molecule has 7 heteroatoms. The average molecular weight is 324 g/mol. The third kappa shape index (κ3) is 1.85. The van der Waals surface area contributed by atoms with Gasteiger partial charge in [-0.15, -0.1) is 11.3 Å². The second-order valence-electron chi connectivity index (χ2n) is 3.74. The molecule has 5 nitrogen and oxygen atoms in total. The van der Waals surface area contributed by atoms with Crippen molar-refractivity contribution < 1.29 is 0 Å². The number of aromatic nitrogens is 3. The van der Waals surface area contributed by atoms with Crippen molar-refractivity contribution in [1.82, 2.24) is 20.0 Å². The lowest BCUT2D eigenvalue weighted by atomic mass is 10.1. The lowest BCUT2D eigenvalue weighted by Crippen LogP contribution is -2.28. The molecule has 0 saturated heterocycles. The predicted molar refractivity (Wildman–Crippen MR) is 74.2 cm³/mol. The van der Waals surface area contributed by atoms with Gasteiger partial charge in [-0.25, -0.2) is 9.94 Å². The van der Waals surface area contributed by atoms with Crippen LogP contribution in [-0.2, 0) is 0 Å². The number of hydrogen-bond donors (Lipinski definition) is 2. The van der Waals surface area contributed by atoms with Crippen LogP contribution >= 0.6 is 27.3 Å². The number of halogens is 1. The van der Waals surface area contributed by atoms with Gasteiger partial charge in [0.1, 0.15) is 0 Å². The van der Waals surface area contributed by atoms with Gasteiger partial charge in [0.2, 0.25) is 0 Å². The van der Waals surface area contributed by atoms with Gasteiger partial charge in [0.25, 0.3) is 0 Å². The monoisotopic (exact) mass is 323 g/mol. The molecule has 3 rings (SSSR count). The molecular weight excluding hydrogens is 314 g/mol. The van der Waals surface area contributed by atoms with Crippen LogP contribution in [0.3, 0.4) is 0 Å². The van der Waals surface area contributed by atoms with E-state index < -0.39 is 0 Å². The topological polar surface area (TPSA) is 68.2 Å². The van der Waals surface area contributed by atoms with E-state index in [1.807, 2.05) is 23.8 Å². The standard InChI is InChI=1S/C11H10BrN5S/c12-8-1-4-18-11(8)10(16-13)7-5-15-17-3-2-14-6-9(7)17/h1-6,10,16H,13H2. The van der Waals surface area contributed by atoms with Crippen molar-refractivity contribution in [1.29, 1.82) is 0 Å². The van der Waals surface area contributed by atoms with Crippen LogP contribution in [0, 0.1) is 0 Å². The van der Waals surface area contributed by atoms with E-state index in [0.717, 1.165) is 20.4 Å². The minimum Gasteiger partial charge on any atom is -0.271 e. The van der Waals surface area contributed by atoms with Crippen molar-refractivity contribution in [2.75, 3.05) is 0 Å². The molecule has 3 N–H and O–H groups in total. The minimum atomic E-state index is -0.0962. The highest BCUT2D eigenvalue weighted by atomic mass is 79.9. The Bertz CT molecular complexity index is 677. The Labute approximate surface area is 116 Å². The van der Waals surface area contributed by atoms with Crippen LogP contribution in [0.4, 0.5) is 0 Å². The van der Waals surface area contributed by atoms with E-state index in [1.54, 1.807) is 28.2 Å². The smallest absolute Gasteiger partial charge is 0.0896 e. The minimum absolute atomic E-state index is 0.0962. The maximum Gasteiger partial charge on any atom is 0.0896 e.